The fourth-order valence-corrected chi connectivity index (χ4v) is 2.84. The Bertz CT molecular complexity index is 1150. The zero-order valence-corrected chi connectivity index (χ0v) is 16.6. The summed E-state index contributed by atoms with van der Waals surface area (Å²) in [6, 6.07) is 5.55. The Hall–Kier alpha value is -3.47. The number of anilines is 1. The van der Waals surface area contributed by atoms with Gasteiger partial charge >= 0.3 is 12.1 Å². The van der Waals surface area contributed by atoms with Crippen molar-refractivity contribution in [3.63, 3.8) is 0 Å². The number of nitrogens with zero attached hydrogens (tertiary/aromatic N) is 3. The molecule has 0 spiro atoms. The van der Waals surface area contributed by atoms with E-state index in [-0.39, 0.29) is 16.8 Å². The number of amides is 1. The first-order valence-electron chi connectivity index (χ1n) is 9.16. The van der Waals surface area contributed by atoms with Crippen LogP contribution in [0.2, 0.25) is 0 Å². The maximum atomic E-state index is 12.8. The van der Waals surface area contributed by atoms with E-state index in [4.69, 9.17) is 0 Å². The number of rotatable bonds is 6. The number of aromatic nitrogens is 3. The van der Waals surface area contributed by atoms with Gasteiger partial charge < -0.3 is 15.5 Å². The number of carbonyl (C=O) groups is 2. The average molecular weight is 436 g/mol. The molecule has 0 saturated carbocycles. The van der Waals surface area contributed by atoms with Gasteiger partial charge in [0.15, 0.2) is 0 Å². The number of carbonyl (C=O) groups excluding carboxylic acids is 1. The number of benzene rings is 1. The number of hydrogen-bond donors (Lipinski definition) is 3. The quantitative estimate of drug-likeness (QED) is 0.544. The van der Waals surface area contributed by atoms with Crippen LogP contribution in [-0.4, -0.2) is 42.5 Å². The Morgan fingerprint density at radius 3 is 2.52 bits per heavy atom. The monoisotopic (exact) mass is 436 g/mol. The normalized spacial score (nSPS) is 12.2. The summed E-state index contributed by atoms with van der Waals surface area (Å²) in [6.45, 7) is 3.59. The van der Waals surface area contributed by atoms with Crippen LogP contribution in [0.4, 0.5) is 18.9 Å². The van der Waals surface area contributed by atoms with Crippen LogP contribution < -0.4 is 5.32 Å². The number of pyridine rings is 1. The van der Waals surface area contributed by atoms with Crippen molar-refractivity contribution in [1.29, 1.82) is 0 Å². The number of carboxylic acid groups (broad SMARTS) is 1. The minimum atomic E-state index is -4.70. The van der Waals surface area contributed by atoms with Crippen LogP contribution >= 0.6 is 0 Å². The SMILES string of the molecule is CC(C)(O)CCn1cc2cc(NC(=O)c3cccc(C(F)(F)F)n3)cc(C(=O)O)c2n1. The summed E-state index contributed by atoms with van der Waals surface area (Å²) < 4.78 is 40.0. The molecule has 8 nitrogen and oxygen atoms in total. The number of nitrogens with one attached hydrogen (secondary N) is 1. The van der Waals surface area contributed by atoms with E-state index in [1.807, 2.05) is 0 Å². The van der Waals surface area contributed by atoms with Crippen molar-refractivity contribution in [2.75, 3.05) is 5.32 Å². The Labute approximate surface area is 174 Å². The first kappa shape index (κ1) is 22.2. The summed E-state index contributed by atoms with van der Waals surface area (Å²) in [6.07, 6.45) is -2.77. The first-order chi connectivity index (χ1) is 14.3. The second-order valence-corrected chi connectivity index (χ2v) is 7.58. The second kappa shape index (κ2) is 7.99. The molecular formula is C20H19F3N4O4. The Kier molecular flexibility index (Phi) is 5.72. The fraction of sp³-hybridized carbons (Fsp3) is 0.300. The summed E-state index contributed by atoms with van der Waals surface area (Å²) in [7, 11) is 0. The molecule has 3 rings (SSSR count). The van der Waals surface area contributed by atoms with E-state index in [0.29, 0.717) is 18.4 Å². The molecule has 0 atom stereocenters. The number of aliphatic hydroxyl groups is 1. The van der Waals surface area contributed by atoms with Gasteiger partial charge in [-0.1, -0.05) is 6.07 Å². The Morgan fingerprint density at radius 2 is 1.90 bits per heavy atom. The molecule has 164 valence electrons. The summed E-state index contributed by atoms with van der Waals surface area (Å²) >= 11 is 0. The zero-order valence-electron chi connectivity index (χ0n) is 16.6. The molecule has 0 bridgehead atoms. The lowest BCUT2D eigenvalue weighted by molar-refractivity contribution is -0.141. The van der Waals surface area contributed by atoms with Gasteiger partial charge in [-0.05, 0) is 44.5 Å². The van der Waals surface area contributed by atoms with Crippen molar-refractivity contribution in [1.82, 2.24) is 14.8 Å². The van der Waals surface area contributed by atoms with E-state index < -0.39 is 35.0 Å². The van der Waals surface area contributed by atoms with Crippen molar-refractivity contribution >= 4 is 28.5 Å². The van der Waals surface area contributed by atoms with Gasteiger partial charge in [0.1, 0.15) is 16.9 Å². The van der Waals surface area contributed by atoms with E-state index in [0.717, 1.165) is 18.2 Å². The van der Waals surface area contributed by atoms with Gasteiger partial charge in [-0.3, -0.25) is 9.48 Å². The highest BCUT2D eigenvalue weighted by Gasteiger charge is 2.33. The molecule has 0 aliphatic carbocycles. The van der Waals surface area contributed by atoms with Crippen LogP contribution in [0.25, 0.3) is 10.9 Å². The third-order valence-electron chi connectivity index (χ3n) is 4.37. The highest BCUT2D eigenvalue weighted by Crippen LogP contribution is 2.28. The topological polar surface area (TPSA) is 117 Å². The summed E-state index contributed by atoms with van der Waals surface area (Å²) in [4.78, 5) is 27.4. The fourth-order valence-electron chi connectivity index (χ4n) is 2.84. The van der Waals surface area contributed by atoms with E-state index in [1.165, 1.54) is 16.8 Å². The molecule has 0 aliphatic heterocycles. The number of fused-ring (bicyclic) bond motifs is 1. The van der Waals surface area contributed by atoms with Gasteiger partial charge in [-0.25, -0.2) is 9.78 Å². The van der Waals surface area contributed by atoms with Gasteiger partial charge in [0.25, 0.3) is 5.91 Å². The van der Waals surface area contributed by atoms with Crippen molar-refractivity contribution in [3.05, 3.63) is 53.5 Å². The Balaban J connectivity index is 1.92. The lowest BCUT2D eigenvalue weighted by Crippen LogP contribution is -2.21. The molecule has 1 aromatic carbocycles. The van der Waals surface area contributed by atoms with E-state index in [9.17, 15) is 33.0 Å². The standard InChI is InChI=1S/C20H19F3N4O4/c1-19(2,31)6-7-27-10-11-8-12(9-13(18(29)30)16(11)26-27)24-17(28)14-4-3-5-15(25-14)20(21,22)23/h3-5,8-10,31H,6-7H2,1-2H3,(H,24,28)(H,29,30). The molecule has 3 N–H and O–H groups in total. The van der Waals surface area contributed by atoms with Gasteiger partial charge in [0, 0.05) is 23.8 Å². The lowest BCUT2D eigenvalue weighted by atomic mass is 10.1. The van der Waals surface area contributed by atoms with Gasteiger partial charge in [-0.2, -0.15) is 18.3 Å². The van der Waals surface area contributed by atoms with Crippen molar-refractivity contribution < 1.29 is 33.0 Å². The van der Waals surface area contributed by atoms with Crippen molar-refractivity contribution in [2.45, 2.75) is 38.6 Å². The van der Waals surface area contributed by atoms with E-state index in [1.54, 1.807) is 20.0 Å². The highest BCUT2D eigenvalue weighted by molar-refractivity contribution is 6.07. The summed E-state index contributed by atoms with van der Waals surface area (Å²) in [5.41, 5.74) is -2.56. The smallest absolute Gasteiger partial charge is 0.433 e. The molecule has 11 heteroatoms. The molecule has 2 aromatic heterocycles. The van der Waals surface area contributed by atoms with Crippen LogP contribution in [0.5, 0.6) is 0 Å². The molecule has 2 heterocycles. The molecular weight excluding hydrogens is 417 g/mol. The van der Waals surface area contributed by atoms with Crippen LogP contribution in [0.15, 0.2) is 36.5 Å². The van der Waals surface area contributed by atoms with Crippen LogP contribution in [-0.2, 0) is 12.7 Å². The minimum Gasteiger partial charge on any atom is -0.478 e. The number of alkyl halides is 3. The number of hydrogen-bond acceptors (Lipinski definition) is 5. The van der Waals surface area contributed by atoms with Gasteiger partial charge in [0.2, 0.25) is 0 Å². The van der Waals surface area contributed by atoms with Gasteiger partial charge in [0.05, 0.1) is 11.2 Å². The molecule has 3 aromatic rings. The zero-order chi connectivity index (χ0) is 23.0. The third kappa shape index (κ3) is 5.37. The van der Waals surface area contributed by atoms with Gasteiger partial charge in [-0.15, -0.1) is 0 Å². The average Bonchev–Trinajstić information content (AvgIpc) is 3.07. The second-order valence-electron chi connectivity index (χ2n) is 7.58. The molecule has 0 radical (unpaired) electrons. The van der Waals surface area contributed by atoms with E-state index in [2.05, 4.69) is 15.4 Å². The molecule has 0 saturated heterocycles. The Morgan fingerprint density at radius 1 is 1.19 bits per heavy atom. The lowest BCUT2D eigenvalue weighted by Gasteiger charge is -2.16. The molecule has 31 heavy (non-hydrogen) atoms. The third-order valence-corrected chi connectivity index (χ3v) is 4.37. The largest absolute Gasteiger partial charge is 0.478 e. The predicted molar refractivity (Wildman–Crippen MR) is 105 cm³/mol. The van der Waals surface area contributed by atoms with Crippen molar-refractivity contribution in [2.24, 2.45) is 0 Å². The van der Waals surface area contributed by atoms with E-state index >= 15 is 0 Å². The predicted octanol–water partition coefficient (Wildman–Crippen LogP) is 3.56. The number of aromatic carboxylic acids is 1. The maximum absolute atomic E-state index is 12.8. The molecule has 0 unspecified atom stereocenters. The molecule has 0 aliphatic rings. The maximum Gasteiger partial charge on any atom is 0.433 e. The number of halogens is 3. The van der Waals surface area contributed by atoms with Crippen LogP contribution in [0.3, 0.4) is 0 Å². The van der Waals surface area contributed by atoms with Crippen molar-refractivity contribution in [3.8, 4) is 0 Å². The van der Waals surface area contributed by atoms with Crippen LogP contribution in [0.1, 0.15) is 46.8 Å². The number of aryl methyl sites for hydroxylation is 1. The first-order valence-corrected chi connectivity index (χ1v) is 9.16. The summed E-state index contributed by atoms with van der Waals surface area (Å²) in [5, 5.41) is 26.4. The highest BCUT2D eigenvalue weighted by atomic mass is 19.4. The summed E-state index contributed by atoms with van der Waals surface area (Å²) in [5.74, 6) is -2.21. The number of carboxylic acids is 1. The molecule has 1 amide bonds. The van der Waals surface area contributed by atoms with Crippen LogP contribution in [0, 0.1) is 0 Å². The molecule has 0 fully saturated rings. The minimum absolute atomic E-state index is 0.0659.